The van der Waals surface area contributed by atoms with Gasteiger partial charge in [0, 0.05) is 25.8 Å². The molecule has 2 amide bonds. The van der Waals surface area contributed by atoms with Crippen LogP contribution in [0.3, 0.4) is 0 Å². The molecular weight excluding hydrogens is 312 g/mol. The Bertz CT molecular complexity index is 565. The first-order valence-corrected chi connectivity index (χ1v) is 8.97. The van der Waals surface area contributed by atoms with Crippen molar-refractivity contribution < 1.29 is 14.3 Å². The maximum absolute atomic E-state index is 12.7. The van der Waals surface area contributed by atoms with Crippen molar-refractivity contribution in [1.29, 1.82) is 0 Å². The summed E-state index contributed by atoms with van der Waals surface area (Å²) < 4.78 is 5.21. The molecule has 1 heterocycles. The Balaban J connectivity index is 2.02. The fourth-order valence-corrected chi connectivity index (χ4v) is 3.80. The Morgan fingerprint density at radius 1 is 1.43 bits per heavy atom. The van der Waals surface area contributed by atoms with Crippen LogP contribution in [0.1, 0.15) is 25.3 Å². The van der Waals surface area contributed by atoms with Crippen LogP contribution in [0.25, 0.3) is 0 Å². The Morgan fingerprint density at radius 2 is 2.22 bits per heavy atom. The molecule has 1 aromatic carbocycles. The van der Waals surface area contributed by atoms with Gasteiger partial charge < -0.3 is 14.5 Å². The molecule has 0 radical (unpaired) electrons. The molecule has 23 heavy (non-hydrogen) atoms. The third kappa shape index (κ3) is 4.41. The summed E-state index contributed by atoms with van der Waals surface area (Å²) in [5, 5.41) is 0. The van der Waals surface area contributed by atoms with E-state index in [2.05, 4.69) is 0 Å². The lowest BCUT2D eigenvalue weighted by molar-refractivity contribution is -0.142. The second kappa shape index (κ2) is 8.24. The molecule has 1 atom stereocenters. The van der Waals surface area contributed by atoms with Crippen molar-refractivity contribution in [3.63, 3.8) is 0 Å². The van der Waals surface area contributed by atoms with Crippen LogP contribution >= 0.6 is 11.8 Å². The van der Waals surface area contributed by atoms with Gasteiger partial charge in [0.15, 0.2) is 0 Å². The van der Waals surface area contributed by atoms with Crippen LogP contribution in [0.4, 0.5) is 0 Å². The molecule has 0 saturated carbocycles. The predicted molar refractivity (Wildman–Crippen MR) is 92.3 cm³/mol. The molecule has 2 rings (SSSR count). The summed E-state index contributed by atoms with van der Waals surface area (Å²) in [6.07, 6.45) is 1.31. The van der Waals surface area contributed by atoms with Gasteiger partial charge in [-0.15, -0.1) is 11.8 Å². The summed E-state index contributed by atoms with van der Waals surface area (Å²) in [6.45, 7) is 2.49. The predicted octanol–water partition coefficient (Wildman–Crippen LogP) is 2.36. The van der Waals surface area contributed by atoms with E-state index in [1.807, 2.05) is 31.2 Å². The number of ether oxygens (including phenoxy) is 1. The fourth-order valence-electron chi connectivity index (χ4n) is 2.63. The van der Waals surface area contributed by atoms with E-state index in [4.69, 9.17) is 4.74 Å². The number of rotatable bonds is 6. The van der Waals surface area contributed by atoms with Crippen molar-refractivity contribution in [3.8, 4) is 5.75 Å². The van der Waals surface area contributed by atoms with E-state index < -0.39 is 0 Å². The smallest absolute Gasteiger partial charge is 0.246 e. The quantitative estimate of drug-likeness (QED) is 0.800. The Hall–Kier alpha value is -1.69. The second-order valence-electron chi connectivity index (χ2n) is 5.68. The topological polar surface area (TPSA) is 49.9 Å². The molecule has 0 bridgehead atoms. The highest BCUT2D eigenvalue weighted by Gasteiger charge is 2.35. The molecule has 1 fully saturated rings. The van der Waals surface area contributed by atoms with Crippen LogP contribution in [-0.2, 0) is 16.1 Å². The molecule has 0 N–H and O–H groups in total. The fraction of sp³-hybridized carbons (Fsp3) is 0.529. The summed E-state index contributed by atoms with van der Waals surface area (Å²) in [6, 6.07) is 7.34. The first-order valence-electron chi connectivity index (χ1n) is 7.82. The first-order chi connectivity index (χ1) is 11.1. The number of methoxy groups -OCH3 is 1. The zero-order valence-electron chi connectivity index (χ0n) is 13.9. The standard InChI is InChI=1S/C17H24N2O3S/c1-4-6-16(20)19-12-23-11-15(19)17(21)18(2)10-13-7-5-8-14(9-13)22-3/h5,7-9,15H,4,6,10-12H2,1-3H3/t15-/m1/s1. The summed E-state index contributed by atoms with van der Waals surface area (Å²) in [5.74, 6) is 2.14. The van der Waals surface area contributed by atoms with Crippen LogP contribution < -0.4 is 4.74 Å². The molecule has 1 aliphatic heterocycles. The van der Waals surface area contributed by atoms with Crippen molar-refractivity contribution in [2.75, 3.05) is 25.8 Å². The largest absolute Gasteiger partial charge is 0.497 e. The second-order valence-corrected chi connectivity index (χ2v) is 6.67. The van der Waals surface area contributed by atoms with Crippen LogP contribution in [0.2, 0.25) is 0 Å². The van der Waals surface area contributed by atoms with Gasteiger partial charge in [-0.2, -0.15) is 0 Å². The Morgan fingerprint density at radius 3 is 2.91 bits per heavy atom. The summed E-state index contributed by atoms with van der Waals surface area (Å²) >= 11 is 1.64. The highest BCUT2D eigenvalue weighted by molar-refractivity contribution is 7.99. The van der Waals surface area contributed by atoms with Crippen LogP contribution in [-0.4, -0.2) is 53.4 Å². The van der Waals surface area contributed by atoms with E-state index in [1.165, 1.54) is 0 Å². The molecule has 0 aromatic heterocycles. The van der Waals surface area contributed by atoms with Gasteiger partial charge in [-0.25, -0.2) is 0 Å². The average Bonchev–Trinajstić information content (AvgIpc) is 3.04. The molecule has 1 aromatic rings. The molecule has 0 aliphatic carbocycles. The zero-order chi connectivity index (χ0) is 16.8. The van der Waals surface area contributed by atoms with Gasteiger partial charge in [0.05, 0.1) is 13.0 Å². The number of hydrogen-bond acceptors (Lipinski definition) is 4. The lowest BCUT2D eigenvalue weighted by atomic mass is 10.1. The van der Waals surface area contributed by atoms with Gasteiger partial charge in [-0.3, -0.25) is 9.59 Å². The Kier molecular flexibility index (Phi) is 6.33. The monoisotopic (exact) mass is 336 g/mol. The van der Waals surface area contributed by atoms with Gasteiger partial charge >= 0.3 is 0 Å². The van der Waals surface area contributed by atoms with Crippen LogP contribution in [0, 0.1) is 0 Å². The van der Waals surface area contributed by atoms with E-state index in [9.17, 15) is 9.59 Å². The number of benzene rings is 1. The third-order valence-corrected chi connectivity index (χ3v) is 4.89. The van der Waals surface area contributed by atoms with Crippen molar-refractivity contribution in [2.45, 2.75) is 32.4 Å². The molecular formula is C17H24N2O3S. The van der Waals surface area contributed by atoms with Crippen molar-refractivity contribution >= 4 is 23.6 Å². The number of carbonyl (C=O) groups excluding carboxylic acids is 2. The van der Waals surface area contributed by atoms with Crippen molar-refractivity contribution in [3.05, 3.63) is 29.8 Å². The molecule has 1 aliphatic rings. The molecule has 0 unspecified atom stereocenters. The lowest BCUT2D eigenvalue weighted by Crippen LogP contribution is -2.47. The summed E-state index contributed by atoms with van der Waals surface area (Å²) in [5.41, 5.74) is 1.01. The molecule has 5 nitrogen and oxygen atoms in total. The average molecular weight is 336 g/mol. The van der Waals surface area contributed by atoms with Gasteiger partial charge in [0.25, 0.3) is 0 Å². The van der Waals surface area contributed by atoms with Crippen LogP contribution in [0.5, 0.6) is 5.75 Å². The number of nitrogens with zero attached hydrogens (tertiary/aromatic N) is 2. The van der Waals surface area contributed by atoms with E-state index in [-0.39, 0.29) is 17.9 Å². The van der Waals surface area contributed by atoms with Crippen molar-refractivity contribution in [1.82, 2.24) is 9.80 Å². The highest BCUT2D eigenvalue weighted by atomic mass is 32.2. The number of hydrogen-bond donors (Lipinski definition) is 0. The van der Waals surface area contributed by atoms with Crippen molar-refractivity contribution in [2.24, 2.45) is 0 Å². The van der Waals surface area contributed by atoms with Gasteiger partial charge in [-0.1, -0.05) is 19.1 Å². The van der Waals surface area contributed by atoms with E-state index >= 15 is 0 Å². The first kappa shape index (κ1) is 17.7. The van der Waals surface area contributed by atoms with Gasteiger partial charge in [0.1, 0.15) is 11.8 Å². The minimum atomic E-state index is -0.338. The molecule has 126 valence electrons. The summed E-state index contributed by atoms with van der Waals surface area (Å²) in [4.78, 5) is 28.3. The number of likely N-dealkylation sites (N-methyl/N-ethyl adjacent to an activating group) is 1. The highest BCUT2D eigenvalue weighted by Crippen LogP contribution is 2.24. The molecule has 0 spiro atoms. The summed E-state index contributed by atoms with van der Waals surface area (Å²) in [7, 11) is 3.41. The van der Waals surface area contributed by atoms with E-state index in [1.54, 1.807) is 35.7 Å². The number of carbonyl (C=O) groups is 2. The maximum atomic E-state index is 12.7. The zero-order valence-corrected chi connectivity index (χ0v) is 14.8. The van der Waals surface area contributed by atoms with E-state index in [0.717, 1.165) is 17.7 Å². The number of amides is 2. The SMILES string of the molecule is CCCC(=O)N1CSC[C@@H]1C(=O)N(C)Cc1cccc(OC)c1. The van der Waals surface area contributed by atoms with E-state index in [0.29, 0.717) is 24.6 Å². The number of thioether (sulfide) groups is 1. The van der Waals surface area contributed by atoms with Gasteiger partial charge in [-0.05, 0) is 24.1 Å². The van der Waals surface area contributed by atoms with Crippen LogP contribution in [0.15, 0.2) is 24.3 Å². The third-order valence-electron chi connectivity index (χ3n) is 3.88. The molecule has 1 saturated heterocycles. The molecule has 6 heteroatoms. The van der Waals surface area contributed by atoms with Gasteiger partial charge in [0.2, 0.25) is 11.8 Å². The Labute approximate surface area is 142 Å². The minimum Gasteiger partial charge on any atom is -0.497 e. The minimum absolute atomic E-state index is 0.00210. The normalized spacial score (nSPS) is 17.2. The maximum Gasteiger partial charge on any atom is 0.246 e. The lowest BCUT2D eigenvalue weighted by Gasteiger charge is -2.27.